The fourth-order valence-electron chi connectivity index (χ4n) is 0.725. The molecule has 7 nitrogen and oxygen atoms in total. The lowest BCUT2D eigenvalue weighted by Crippen LogP contribution is -2.40. The van der Waals surface area contributed by atoms with Crippen LogP contribution in [-0.2, 0) is 19.7 Å². The van der Waals surface area contributed by atoms with Gasteiger partial charge in [0.1, 0.15) is 0 Å². The van der Waals surface area contributed by atoms with E-state index in [2.05, 4.69) is 9.46 Å². The van der Waals surface area contributed by atoms with Gasteiger partial charge in [-0.15, -0.1) is 11.6 Å². The molecule has 96 valence electrons. The Kier molecular flexibility index (Phi) is 8.26. The van der Waals surface area contributed by atoms with Crippen LogP contribution >= 0.6 is 11.6 Å². The van der Waals surface area contributed by atoms with Crippen molar-refractivity contribution in [2.24, 2.45) is 0 Å². The van der Waals surface area contributed by atoms with E-state index in [9.17, 15) is 13.2 Å². The first-order chi connectivity index (χ1) is 7.52. The Morgan fingerprint density at radius 3 is 2.62 bits per heavy atom. The first-order valence-corrected chi connectivity index (χ1v) is 6.52. The van der Waals surface area contributed by atoms with E-state index >= 15 is 0 Å². The summed E-state index contributed by atoms with van der Waals surface area (Å²) < 4.78 is 35.2. The van der Waals surface area contributed by atoms with Crippen LogP contribution in [0.2, 0.25) is 0 Å². The summed E-state index contributed by atoms with van der Waals surface area (Å²) in [6.45, 7) is 0.983. The third-order valence-electron chi connectivity index (χ3n) is 1.38. The maximum absolute atomic E-state index is 11.1. The summed E-state index contributed by atoms with van der Waals surface area (Å²) in [5, 5.41) is 0. The van der Waals surface area contributed by atoms with E-state index in [1.54, 1.807) is 4.72 Å². The van der Waals surface area contributed by atoms with Crippen LogP contribution in [0.3, 0.4) is 0 Å². The number of rotatable bonds is 8. The molecule has 0 atom stereocenters. The van der Waals surface area contributed by atoms with Gasteiger partial charge in [0, 0.05) is 19.0 Å². The van der Waals surface area contributed by atoms with Gasteiger partial charge in [-0.2, -0.15) is 13.1 Å². The molecule has 16 heavy (non-hydrogen) atoms. The Labute approximate surface area is 99.6 Å². The zero-order chi connectivity index (χ0) is 12.4. The third-order valence-corrected chi connectivity index (χ3v) is 2.56. The molecule has 0 saturated carbocycles. The van der Waals surface area contributed by atoms with E-state index in [-0.39, 0.29) is 6.54 Å². The topological polar surface area (TPSA) is 93.7 Å². The minimum Gasteiger partial charge on any atom is -0.452 e. The van der Waals surface area contributed by atoms with Crippen molar-refractivity contribution >= 4 is 27.9 Å². The molecular weight excluding hydrogens is 260 g/mol. The van der Waals surface area contributed by atoms with Crippen LogP contribution in [0.1, 0.15) is 6.42 Å². The lowest BCUT2D eigenvalue weighted by Gasteiger charge is -2.07. The van der Waals surface area contributed by atoms with Crippen LogP contribution < -0.4 is 9.44 Å². The number of carbonyl (C=O) groups excluding carboxylic acids is 1. The number of hydrogen-bond acceptors (Lipinski definition) is 5. The molecule has 9 heteroatoms. The molecule has 1 amide bonds. The number of hydrogen-bond donors (Lipinski definition) is 2. The molecule has 0 aliphatic carbocycles. The second kappa shape index (κ2) is 8.57. The normalized spacial score (nSPS) is 11.1. The highest BCUT2D eigenvalue weighted by molar-refractivity contribution is 7.88. The largest absolute Gasteiger partial charge is 0.452 e. The zero-order valence-corrected chi connectivity index (χ0v) is 10.4. The first kappa shape index (κ1) is 15.4. The molecule has 0 aromatic rings. The predicted molar refractivity (Wildman–Crippen MR) is 58.6 cm³/mol. The van der Waals surface area contributed by atoms with Crippen molar-refractivity contribution in [1.82, 2.24) is 9.44 Å². The second-order valence-electron chi connectivity index (χ2n) is 2.65. The van der Waals surface area contributed by atoms with Crippen LogP contribution in [0.25, 0.3) is 0 Å². The molecule has 0 unspecified atom stereocenters. The van der Waals surface area contributed by atoms with Gasteiger partial charge in [0.2, 0.25) is 0 Å². The Morgan fingerprint density at radius 1 is 1.38 bits per heavy atom. The molecule has 0 heterocycles. The van der Waals surface area contributed by atoms with E-state index in [1.807, 2.05) is 0 Å². The van der Waals surface area contributed by atoms with Crippen molar-refractivity contribution in [2.45, 2.75) is 6.42 Å². The molecule has 0 rings (SSSR count). The summed E-state index contributed by atoms with van der Waals surface area (Å²) in [6.07, 6.45) is -0.551. The van der Waals surface area contributed by atoms with Gasteiger partial charge < -0.3 is 9.47 Å². The first-order valence-electron chi connectivity index (χ1n) is 4.51. The molecule has 0 saturated heterocycles. The van der Waals surface area contributed by atoms with Crippen LogP contribution in [-0.4, -0.2) is 47.3 Å². The van der Waals surface area contributed by atoms with E-state index in [4.69, 9.17) is 16.3 Å². The number of nitrogens with one attached hydrogen (secondary N) is 2. The van der Waals surface area contributed by atoms with Gasteiger partial charge >= 0.3 is 16.3 Å². The smallest absolute Gasteiger partial charge is 0.421 e. The van der Waals surface area contributed by atoms with Gasteiger partial charge in [-0.1, -0.05) is 0 Å². The second-order valence-corrected chi connectivity index (χ2v) is 4.52. The molecule has 0 bridgehead atoms. The van der Waals surface area contributed by atoms with E-state index in [0.717, 1.165) is 7.11 Å². The van der Waals surface area contributed by atoms with Crippen LogP contribution in [0.5, 0.6) is 0 Å². The molecule has 0 fully saturated rings. The van der Waals surface area contributed by atoms with Crippen LogP contribution in [0, 0.1) is 0 Å². The quantitative estimate of drug-likeness (QED) is 0.473. The summed E-state index contributed by atoms with van der Waals surface area (Å²) in [5.41, 5.74) is 0. The summed E-state index contributed by atoms with van der Waals surface area (Å²) in [6, 6.07) is 0. The summed E-state index contributed by atoms with van der Waals surface area (Å²) in [4.78, 5) is 10.6. The van der Waals surface area contributed by atoms with Gasteiger partial charge in [-0.3, -0.25) is 0 Å². The Bertz CT molecular complexity index is 295. The van der Waals surface area contributed by atoms with Gasteiger partial charge in [-0.05, 0) is 6.42 Å². The molecular formula is C7H15ClN2O5S. The number of carbonyl (C=O) groups is 1. The molecule has 0 radical (unpaired) electrons. The van der Waals surface area contributed by atoms with E-state index in [0.29, 0.717) is 25.5 Å². The highest BCUT2D eigenvalue weighted by atomic mass is 35.5. The van der Waals surface area contributed by atoms with Crippen molar-refractivity contribution in [3.05, 3.63) is 0 Å². The monoisotopic (exact) mass is 274 g/mol. The van der Waals surface area contributed by atoms with E-state index < -0.39 is 16.3 Å². The van der Waals surface area contributed by atoms with Gasteiger partial charge in [0.05, 0.1) is 13.7 Å². The fourth-order valence-corrected chi connectivity index (χ4v) is 1.62. The SMILES string of the molecule is COC(=O)NS(=O)(=O)NCCCOCCCl. The number of ether oxygens (including phenoxy) is 2. The molecule has 0 aliphatic rings. The van der Waals surface area contributed by atoms with Crippen molar-refractivity contribution in [3.63, 3.8) is 0 Å². The third kappa shape index (κ3) is 8.72. The standard InChI is InChI=1S/C7H15ClN2O5S/c1-14-7(11)10-16(12,13)9-4-2-5-15-6-3-8/h9H,2-6H2,1H3,(H,10,11). The van der Waals surface area contributed by atoms with Crippen molar-refractivity contribution in [2.75, 3.05) is 32.7 Å². The van der Waals surface area contributed by atoms with Crippen LogP contribution in [0.4, 0.5) is 4.79 Å². The summed E-state index contributed by atoms with van der Waals surface area (Å²) >= 11 is 5.36. The minimum atomic E-state index is -3.84. The molecule has 0 aromatic heterocycles. The number of methoxy groups -OCH3 is 1. The molecule has 0 spiro atoms. The summed E-state index contributed by atoms with van der Waals surface area (Å²) in [7, 11) is -2.77. The van der Waals surface area contributed by atoms with Crippen molar-refractivity contribution in [3.8, 4) is 0 Å². The number of halogens is 1. The molecule has 0 aromatic carbocycles. The maximum Gasteiger partial charge on any atom is 0.421 e. The van der Waals surface area contributed by atoms with Gasteiger partial charge in [0.25, 0.3) is 0 Å². The van der Waals surface area contributed by atoms with Gasteiger partial charge in [-0.25, -0.2) is 9.52 Å². The van der Waals surface area contributed by atoms with Gasteiger partial charge in [0.15, 0.2) is 0 Å². The molecule has 2 N–H and O–H groups in total. The van der Waals surface area contributed by atoms with Crippen molar-refractivity contribution in [1.29, 1.82) is 0 Å². The predicted octanol–water partition coefficient (Wildman–Crippen LogP) is -0.178. The average Bonchev–Trinajstić information content (AvgIpc) is 2.22. The summed E-state index contributed by atoms with van der Waals surface area (Å²) in [5.74, 6) is 0.398. The number of alkyl halides is 1. The highest BCUT2D eigenvalue weighted by Crippen LogP contribution is 1.85. The zero-order valence-electron chi connectivity index (χ0n) is 8.86. The lowest BCUT2D eigenvalue weighted by atomic mass is 10.5. The molecule has 0 aliphatic heterocycles. The van der Waals surface area contributed by atoms with E-state index in [1.165, 1.54) is 0 Å². The minimum absolute atomic E-state index is 0.161. The average molecular weight is 275 g/mol. The highest BCUT2D eigenvalue weighted by Gasteiger charge is 2.12. The Hall–Kier alpha value is -0.570. The fraction of sp³-hybridized carbons (Fsp3) is 0.857. The Morgan fingerprint density at radius 2 is 2.06 bits per heavy atom. The Balaban J connectivity index is 3.63. The lowest BCUT2D eigenvalue weighted by molar-refractivity contribution is 0.147. The maximum atomic E-state index is 11.1. The van der Waals surface area contributed by atoms with Crippen molar-refractivity contribution < 1.29 is 22.7 Å². The van der Waals surface area contributed by atoms with Crippen LogP contribution in [0.15, 0.2) is 0 Å². The number of amides is 1.